The van der Waals surface area contributed by atoms with E-state index in [1.807, 2.05) is 0 Å². The van der Waals surface area contributed by atoms with Gasteiger partial charge in [-0.3, -0.25) is 4.79 Å². The van der Waals surface area contributed by atoms with Crippen LogP contribution in [0.3, 0.4) is 0 Å². The van der Waals surface area contributed by atoms with Gasteiger partial charge in [-0.05, 0) is 32.7 Å². The maximum atomic E-state index is 12.8. The zero-order valence-electron chi connectivity index (χ0n) is 12.7. The van der Waals surface area contributed by atoms with Crippen LogP contribution in [0.5, 0.6) is 0 Å². The van der Waals surface area contributed by atoms with Gasteiger partial charge in [0.25, 0.3) is 0 Å². The normalized spacial score (nSPS) is 31.6. The van der Waals surface area contributed by atoms with E-state index in [0.29, 0.717) is 11.9 Å². The van der Waals surface area contributed by atoms with E-state index >= 15 is 0 Å². The Hall–Kier alpha value is -0.610. The summed E-state index contributed by atoms with van der Waals surface area (Å²) in [6.45, 7) is 3.61. The lowest BCUT2D eigenvalue weighted by Crippen LogP contribution is -2.47. The molecule has 1 saturated carbocycles. The molecule has 1 unspecified atom stereocenters. The van der Waals surface area contributed by atoms with E-state index < -0.39 is 0 Å². The third kappa shape index (κ3) is 2.86. The van der Waals surface area contributed by atoms with E-state index in [1.54, 1.807) is 0 Å². The molecule has 0 bridgehead atoms. The lowest BCUT2D eigenvalue weighted by Gasteiger charge is -2.38. The van der Waals surface area contributed by atoms with Gasteiger partial charge in [0, 0.05) is 37.8 Å². The summed E-state index contributed by atoms with van der Waals surface area (Å²) >= 11 is 0. The highest BCUT2D eigenvalue weighted by atomic mass is 16.5. The smallest absolute Gasteiger partial charge is 0.225 e. The molecule has 1 N–H and O–H groups in total. The van der Waals surface area contributed by atoms with Crippen molar-refractivity contribution >= 4 is 5.91 Å². The second-order valence-electron chi connectivity index (χ2n) is 7.07. The molecule has 1 aliphatic carbocycles. The van der Waals surface area contributed by atoms with Crippen LogP contribution in [0.25, 0.3) is 0 Å². The third-order valence-corrected chi connectivity index (χ3v) is 5.57. The van der Waals surface area contributed by atoms with Gasteiger partial charge in [-0.25, -0.2) is 0 Å². The van der Waals surface area contributed by atoms with Crippen LogP contribution in [0.2, 0.25) is 0 Å². The van der Waals surface area contributed by atoms with Crippen LogP contribution in [0.15, 0.2) is 0 Å². The number of hydrogen-bond donors (Lipinski definition) is 1. The Kier molecular flexibility index (Phi) is 4.32. The predicted molar refractivity (Wildman–Crippen MR) is 78.5 cm³/mol. The summed E-state index contributed by atoms with van der Waals surface area (Å²) in [6, 6.07) is 0.430. The summed E-state index contributed by atoms with van der Waals surface area (Å²) in [6.07, 6.45) is 8.30. The number of likely N-dealkylation sites (tertiary alicyclic amines) is 1. The van der Waals surface area contributed by atoms with Gasteiger partial charge in [-0.15, -0.1) is 0 Å². The third-order valence-electron chi connectivity index (χ3n) is 5.57. The minimum Gasteiger partial charge on any atom is -0.381 e. The Morgan fingerprint density at radius 2 is 1.90 bits per heavy atom. The Balaban J connectivity index is 1.65. The molecule has 0 aromatic rings. The second-order valence-corrected chi connectivity index (χ2v) is 7.07. The molecule has 1 amide bonds. The Labute approximate surface area is 122 Å². The number of nitrogens with zero attached hydrogens (tertiary/aromatic N) is 1. The highest BCUT2D eigenvalue weighted by Gasteiger charge is 2.49. The van der Waals surface area contributed by atoms with Crippen molar-refractivity contribution in [1.29, 1.82) is 0 Å². The zero-order chi connectivity index (χ0) is 14.0. The molecule has 0 aromatic carbocycles. The van der Waals surface area contributed by atoms with Crippen molar-refractivity contribution in [2.24, 2.45) is 11.3 Å². The van der Waals surface area contributed by atoms with Crippen LogP contribution < -0.4 is 5.32 Å². The van der Waals surface area contributed by atoms with Gasteiger partial charge in [0.15, 0.2) is 0 Å². The van der Waals surface area contributed by atoms with E-state index in [2.05, 4.69) is 17.3 Å². The van der Waals surface area contributed by atoms with Crippen LogP contribution in [0.1, 0.15) is 44.9 Å². The average molecular weight is 280 g/mol. The van der Waals surface area contributed by atoms with Crippen molar-refractivity contribution in [3.63, 3.8) is 0 Å². The molecule has 4 nitrogen and oxygen atoms in total. The lowest BCUT2D eigenvalue weighted by atomic mass is 9.71. The highest BCUT2D eigenvalue weighted by Crippen LogP contribution is 2.44. The molecule has 2 aliphatic heterocycles. The summed E-state index contributed by atoms with van der Waals surface area (Å²) in [5, 5.41) is 3.35. The minimum atomic E-state index is 0.165. The molecular formula is C16H28N2O2. The molecule has 0 aromatic heterocycles. The molecular weight excluding hydrogens is 252 g/mol. The average Bonchev–Trinajstić information content (AvgIpc) is 2.77. The first-order valence-electron chi connectivity index (χ1n) is 8.26. The van der Waals surface area contributed by atoms with Crippen LogP contribution >= 0.6 is 0 Å². The molecule has 0 radical (unpaired) electrons. The molecule has 3 rings (SSSR count). The fraction of sp³-hybridized carbons (Fsp3) is 0.938. The van der Waals surface area contributed by atoms with E-state index in [1.165, 1.54) is 32.1 Å². The molecule has 3 aliphatic rings. The summed E-state index contributed by atoms with van der Waals surface area (Å²) < 4.78 is 5.52. The van der Waals surface area contributed by atoms with Crippen molar-refractivity contribution in [1.82, 2.24) is 10.2 Å². The number of hydrogen-bond acceptors (Lipinski definition) is 3. The van der Waals surface area contributed by atoms with Crippen molar-refractivity contribution in [3.05, 3.63) is 0 Å². The maximum Gasteiger partial charge on any atom is 0.225 e. The molecule has 1 atom stereocenters. The SMILES string of the molecule is CN1CC(C(=O)NC2CCCCC2)C2(CCOCC2)C1. The summed E-state index contributed by atoms with van der Waals surface area (Å²) in [5.74, 6) is 0.474. The molecule has 2 heterocycles. The Morgan fingerprint density at radius 3 is 2.60 bits per heavy atom. The van der Waals surface area contributed by atoms with Gasteiger partial charge in [0.2, 0.25) is 5.91 Å². The first-order valence-corrected chi connectivity index (χ1v) is 8.26. The van der Waals surface area contributed by atoms with Gasteiger partial charge in [-0.1, -0.05) is 19.3 Å². The van der Waals surface area contributed by atoms with Gasteiger partial charge < -0.3 is 15.0 Å². The first kappa shape index (κ1) is 14.3. The van der Waals surface area contributed by atoms with Crippen molar-refractivity contribution in [2.45, 2.75) is 51.0 Å². The standard InChI is InChI=1S/C16H28N2O2/c1-18-11-14(16(12-18)7-9-20-10-8-16)15(19)17-13-5-3-2-4-6-13/h13-14H,2-12H2,1H3,(H,17,19). The van der Waals surface area contributed by atoms with Crippen LogP contribution in [-0.4, -0.2) is 50.2 Å². The fourth-order valence-corrected chi connectivity index (χ4v) is 4.41. The van der Waals surface area contributed by atoms with E-state index in [-0.39, 0.29) is 11.3 Å². The number of ether oxygens (including phenoxy) is 1. The largest absolute Gasteiger partial charge is 0.381 e. The van der Waals surface area contributed by atoms with E-state index in [0.717, 1.165) is 39.1 Å². The minimum absolute atomic E-state index is 0.165. The quantitative estimate of drug-likeness (QED) is 0.838. The van der Waals surface area contributed by atoms with Crippen molar-refractivity contribution in [2.75, 3.05) is 33.4 Å². The van der Waals surface area contributed by atoms with Gasteiger partial charge >= 0.3 is 0 Å². The summed E-state index contributed by atoms with van der Waals surface area (Å²) in [5.41, 5.74) is 0.172. The molecule has 4 heteroatoms. The number of carbonyl (C=O) groups is 1. The van der Waals surface area contributed by atoms with Gasteiger partial charge in [0.1, 0.15) is 0 Å². The number of amides is 1. The van der Waals surface area contributed by atoms with Crippen LogP contribution in [0, 0.1) is 11.3 Å². The zero-order valence-corrected chi connectivity index (χ0v) is 12.7. The van der Waals surface area contributed by atoms with Crippen molar-refractivity contribution < 1.29 is 9.53 Å². The molecule has 3 fully saturated rings. The van der Waals surface area contributed by atoms with Gasteiger partial charge in [-0.2, -0.15) is 0 Å². The highest BCUT2D eigenvalue weighted by molar-refractivity contribution is 5.80. The molecule has 2 saturated heterocycles. The summed E-state index contributed by atoms with van der Waals surface area (Å²) in [4.78, 5) is 15.1. The Morgan fingerprint density at radius 1 is 1.20 bits per heavy atom. The van der Waals surface area contributed by atoms with Crippen LogP contribution in [0.4, 0.5) is 0 Å². The number of nitrogens with one attached hydrogen (secondary N) is 1. The number of rotatable bonds is 2. The predicted octanol–water partition coefficient (Wildman–Crippen LogP) is 1.79. The van der Waals surface area contributed by atoms with Crippen LogP contribution in [-0.2, 0) is 9.53 Å². The molecule has 1 spiro atoms. The monoisotopic (exact) mass is 280 g/mol. The Bertz CT molecular complexity index is 346. The van der Waals surface area contributed by atoms with Crippen molar-refractivity contribution in [3.8, 4) is 0 Å². The second kappa shape index (κ2) is 6.02. The summed E-state index contributed by atoms with van der Waals surface area (Å²) in [7, 11) is 2.14. The van der Waals surface area contributed by atoms with E-state index in [9.17, 15) is 4.79 Å². The van der Waals surface area contributed by atoms with Gasteiger partial charge in [0.05, 0.1) is 5.92 Å². The topological polar surface area (TPSA) is 41.6 Å². The lowest BCUT2D eigenvalue weighted by molar-refractivity contribution is -0.130. The molecule has 20 heavy (non-hydrogen) atoms. The van der Waals surface area contributed by atoms with E-state index in [4.69, 9.17) is 4.74 Å². The fourth-order valence-electron chi connectivity index (χ4n) is 4.41. The number of carbonyl (C=O) groups excluding carboxylic acids is 1. The maximum absolute atomic E-state index is 12.8. The first-order chi connectivity index (χ1) is 9.70. The molecule has 114 valence electrons.